The number of benzene rings is 12. The quantitative estimate of drug-likeness (QED) is 0.142. The van der Waals surface area contributed by atoms with Crippen molar-refractivity contribution in [3.8, 4) is 0 Å². The highest BCUT2D eigenvalue weighted by atomic mass is 14.0. The van der Waals surface area contributed by atoms with Crippen molar-refractivity contribution in [1.82, 2.24) is 0 Å². The van der Waals surface area contributed by atoms with Crippen molar-refractivity contribution in [3.63, 3.8) is 0 Å². The number of hydrogen-bond donors (Lipinski definition) is 0. The lowest BCUT2D eigenvalue weighted by molar-refractivity contribution is 1.35. The minimum atomic E-state index is 1.20. The summed E-state index contributed by atoms with van der Waals surface area (Å²) in [7, 11) is 0. The predicted molar refractivity (Wildman–Crippen MR) is 289 cm³/mol. The Balaban J connectivity index is 1.07. The summed E-state index contributed by atoms with van der Waals surface area (Å²) in [6.07, 6.45) is 0. The fraction of sp³-hybridized carbons (Fsp3) is 0. The normalized spacial score (nSPS) is 11.3. The molecule has 25 rings (SSSR count). The zero-order valence-corrected chi connectivity index (χ0v) is 39.7. The average molecular weight is 913 g/mol. The summed E-state index contributed by atoms with van der Waals surface area (Å²) >= 11 is 0. The van der Waals surface area contributed by atoms with Crippen LogP contribution in [0.4, 0.5) is 0 Å². The highest BCUT2D eigenvalue weighted by Gasteiger charge is 1.97. The van der Waals surface area contributed by atoms with Crippen LogP contribution in [0.15, 0.2) is 291 Å². The molecule has 72 heavy (non-hydrogen) atoms. The van der Waals surface area contributed by atoms with Gasteiger partial charge in [-0.15, -0.1) is 0 Å². The lowest BCUT2D eigenvalue weighted by atomic mass is 10.1. The van der Waals surface area contributed by atoms with Crippen LogP contribution in [-0.2, 0) is 0 Å². The van der Waals surface area contributed by atoms with Gasteiger partial charge < -0.3 is 0 Å². The monoisotopic (exact) mass is 912 g/mol. The Bertz CT molecular complexity index is 4220. The molecule has 0 aromatic heterocycles. The molecule has 12 aromatic carbocycles. The topological polar surface area (TPSA) is 0 Å². The van der Waals surface area contributed by atoms with E-state index in [4.69, 9.17) is 0 Å². The Morgan fingerprint density at radius 2 is 0.167 bits per heavy atom. The van der Waals surface area contributed by atoms with Gasteiger partial charge in [0.25, 0.3) is 0 Å². The van der Waals surface area contributed by atoms with Crippen LogP contribution < -0.4 is 0 Å². The van der Waals surface area contributed by atoms with Crippen molar-refractivity contribution in [3.05, 3.63) is 416 Å². The van der Waals surface area contributed by atoms with Crippen LogP contribution in [0.3, 0.4) is 0 Å². The number of rotatable bonds is 0. The SMILES string of the molecule is c1ccc2c(c1)=c1ccc(cc1)=c1ccc(cc1)=c1ccccc1=c1ccc(cc1)=c1ccc(cc1)=c1ccccc1=c1ccc(cc1)=c1ccc(cc1)=c1ccccc1=c1ccc(cc1)=c1ccc=2cc1. The molecule has 0 heteroatoms. The molecular formula is C72H48. The molecule has 0 spiro atoms. The lowest BCUT2D eigenvalue weighted by Gasteiger charge is -1.97. The molecule has 0 unspecified atom stereocenters. The summed E-state index contributed by atoms with van der Waals surface area (Å²) in [6.45, 7) is 0. The van der Waals surface area contributed by atoms with Gasteiger partial charge in [0.05, 0.1) is 0 Å². The summed E-state index contributed by atoms with van der Waals surface area (Å²) in [5.74, 6) is 0. The third kappa shape index (κ3) is 8.15. The summed E-state index contributed by atoms with van der Waals surface area (Å²) in [5, 5.41) is 28.9. The highest BCUT2D eigenvalue weighted by Crippen LogP contribution is 2.12. The average Bonchev–Trinajstić information content (AvgIpc) is 3.47. The molecule has 0 atom stereocenters. The number of hydrogen-bond acceptors (Lipinski definition) is 0. The fourth-order valence-corrected chi connectivity index (χ4v) is 10.7. The van der Waals surface area contributed by atoms with Gasteiger partial charge in [-0.05, 0) is 125 Å². The fourth-order valence-electron chi connectivity index (χ4n) is 10.7. The molecule has 0 heterocycles. The van der Waals surface area contributed by atoms with Crippen molar-refractivity contribution < 1.29 is 0 Å². The lowest BCUT2D eigenvalue weighted by Crippen LogP contribution is -1.82. The van der Waals surface area contributed by atoms with E-state index >= 15 is 0 Å². The van der Waals surface area contributed by atoms with Gasteiger partial charge in [-0.1, -0.05) is 291 Å². The van der Waals surface area contributed by atoms with E-state index in [0.29, 0.717) is 0 Å². The first-order chi connectivity index (χ1) is 35.7. The largest absolute Gasteiger partial charge is 0.0616 e. The molecule has 16 bridgehead atoms. The van der Waals surface area contributed by atoms with Crippen LogP contribution in [0, 0.1) is 125 Å². The van der Waals surface area contributed by atoms with E-state index in [9.17, 15) is 0 Å². The summed E-state index contributed by atoms with van der Waals surface area (Å²) in [5.41, 5.74) is 0. The van der Waals surface area contributed by atoms with Crippen molar-refractivity contribution in [2.24, 2.45) is 0 Å². The molecule has 0 nitrogen and oxygen atoms in total. The van der Waals surface area contributed by atoms with E-state index in [1.165, 1.54) is 125 Å². The van der Waals surface area contributed by atoms with Crippen LogP contribution in [0.1, 0.15) is 0 Å². The molecule has 13 aliphatic carbocycles. The van der Waals surface area contributed by atoms with Gasteiger partial charge in [0.2, 0.25) is 0 Å². The van der Waals surface area contributed by atoms with Gasteiger partial charge in [0.15, 0.2) is 0 Å². The molecule has 0 saturated carbocycles. The predicted octanol–water partition coefficient (Wildman–Crippen LogP) is 15.4. The molecule has 0 radical (unpaired) electrons. The zero-order valence-electron chi connectivity index (χ0n) is 39.7. The molecule has 0 aliphatic heterocycles. The van der Waals surface area contributed by atoms with Crippen LogP contribution in [0.25, 0.3) is 0 Å². The maximum atomic E-state index is 2.26. The Hall–Kier alpha value is -9.36. The molecule has 0 fully saturated rings. The van der Waals surface area contributed by atoms with Crippen molar-refractivity contribution >= 4 is 0 Å². The molecule has 0 N–H and O–H groups in total. The molecule has 13 aliphatic rings. The zero-order chi connectivity index (χ0) is 47.8. The van der Waals surface area contributed by atoms with Gasteiger partial charge >= 0.3 is 0 Å². The minimum Gasteiger partial charge on any atom is -0.0616 e. The summed E-state index contributed by atoms with van der Waals surface area (Å²) < 4.78 is 0. The maximum absolute atomic E-state index is 2.26. The molecule has 0 saturated heterocycles. The maximum Gasteiger partial charge on any atom is -0.0105 e. The minimum absolute atomic E-state index is 1.20. The van der Waals surface area contributed by atoms with Crippen molar-refractivity contribution in [2.75, 3.05) is 0 Å². The standard InChI is InChI=1S/C72H48/c1-2-10-66-58-35-19-50(20-36-58)52-23-39-60(40-24-52)68-12-5-6-14-70(68)62-43-27-54(28-44-62)56-31-47-64(48-32-56)72-16-8-7-15-71(72)63-45-29-55(30-46-63)53-25-41-61(42-26-53)69-13-4-3-11-67(69)59-37-21-51(22-38-59)49-17-33-57(34-18-49)65(66)9-1/h1-48H. The molecule has 336 valence electrons. The van der Waals surface area contributed by atoms with Gasteiger partial charge in [-0.2, -0.15) is 0 Å². The van der Waals surface area contributed by atoms with E-state index in [1.54, 1.807) is 0 Å². The Kier molecular flexibility index (Phi) is 11.0. The van der Waals surface area contributed by atoms with Crippen molar-refractivity contribution in [1.29, 1.82) is 0 Å². The van der Waals surface area contributed by atoms with E-state index in [1.807, 2.05) is 0 Å². The summed E-state index contributed by atoms with van der Waals surface area (Å²) in [6, 6.07) is 107. The third-order valence-corrected chi connectivity index (χ3v) is 14.6. The van der Waals surface area contributed by atoms with E-state index in [0.717, 1.165) is 0 Å². The smallest absolute Gasteiger partial charge is 0.0105 e. The highest BCUT2D eigenvalue weighted by molar-refractivity contribution is 5.30. The first kappa shape index (κ1) is 42.7. The second-order valence-electron chi connectivity index (χ2n) is 18.8. The molecule has 0 amide bonds. The first-order valence-electron chi connectivity index (χ1n) is 24.9. The van der Waals surface area contributed by atoms with Crippen molar-refractivity contribution in [2.45, 2.75) is 0 Å². The second kappa shape index (κ2) is 18.5. The Morgan fingerprint density at radius 1 is 0.0833 bits per heavy atom. The third-order valence-electron chi connectivity index (χ3n) is 14.6. The van der Waals surface area contributed by atoms with Crippen LogP contribution in [0.2, 0.25) is 0 Å². The summed E-state index contributed by atoms with van der Waals surface area (Å²) in [4.78, 5) is 0. The second-order valence-corrected chi connectivity index (χ2v) is 18.8. The van der Waals surface area contributed by atoms with E-state index in [2.05, 4.69) is 291 Å². The van der Waals surface area contributed by atoms with Crippen LogP contribution in [0.5, 0.6) is 0 Å². The Morgan fingerprint density at radius 3 is 0.264 bits per heavy atom. The van der Waals surface area contributed by atoms with Gasteiger partial charge in [-0.3, -0.25) is 0 Å². The van der Waals surface area contributed by atoms with Crippen LogP contribution in [-0.4, -0.2) is 0 Å². The first-order valence-corrected chi connectivity index (χ1v) is 24.9. The van der Waals surface area contributed by atoms with Gasteiger partial charge in [-0.25, -0.2) is 0 Å². The van der Waals surface area contributed by atoms with Gasteiger partial charge in [0.1, 0.15) is 0 Å². The molecular weight excluding hydrogens is 865 g/mol. The Labute approximate surface area is 414 Å². The van der Waals surface area contributed by atoms with Crippen LogP contribution >= 0.6 is 0 Å². The van der Waals surface area contributed by atoms with E-state index in [-0.39, 0.29) is 0 Å². The van der Waals surface area contributed by atoms with E-state index < -0.39 is 0 Å². The van der Waals surface area contributed by atoms with Gasteiger partial charge in [0, 0.05) is 0 Å². The molecule has 12 aromatic rings.